The number of amides is 4. The molecule has 3 aromatic carbocycles. The molecule has 2 atom stereocenters. The monoisotopic (exact) mass is 509 g/mol. The second-order valence-corrected chi connectivity index (χ2v) is 9.88. The Balaban J connectivity index is 1.37. The highest BCUT2D eigenvalue weighted by molar-refractivity contribution is 6.23. The maximum atomic E-state index is 14.0. The summed E-state index contributed by atoms with van der Waals surface area (Å²) in [4.78, 5) is 58.3. The quantitative estimate of drug-likeness (QED) is 0.485. The molecule has 0 N–H and O–H groups in total. The smallest absolute Gasteiger partial charge is 0.262 e. The summed E-state index contributed by atoms with van der Waals surface area (Å²) in [5.74, 6) is -1.02. The zero-order valence-corrected chi connectivity index (χ0v) is 21.0. The summed E-state index contributed by atoms with van der Waals surface area (Å²) in [7, 11) is 1.60. The molecule has 2 aliphatic heterocycles. The van der Waals surface area contributed by atoms with Gasteiger partial charge in [-0.05, 0) is 54.8 Å². The largest absolute Gasteiger partial charge is 0.497 e. The third kappa shape index (κ3) is 3.84. The maximum Gasteiger partial charge on any atom is 0.262 e. The first-order chi connectivity index (χ1) is 18.5. The van der Waals surface area contributed by atoms with E-state index in [1.54, 1.807) is 41.2 Å². The van der Waals surface area contributed by atoms with E-state index in [0.717, 1.165) is 16.9 Å². The van der Waals surface area contributed by atoms with Crippen molar-refractivity contribution in [2.24, 2.45) is 5.92 Å². The van der Waals surface area contributed by atoms with Crippen molar-refractivity contribution in [2.45, 2.75) is 31.8 Å². The molecule has 2 heterocycles. The molecule has 8 nitrogen and oxygen atoms in total. The van der Waals surface area contributed by atoms with Crippen LogP contribution in [0.15, 0.2) is 72.8 Å². The third-order valence-electron chi connectivity index (χ3n) is 7.74. The minimum Gasteiger partial charge on any atom is -0.497 e. The molecule has 0 radical (unpaired) electrons. The van der Waals surface area contributed by atoms with Crippen molar-refractivity contribution in [3.05, 3.63) is 89.5 Å². The van der Waals surface area contributed by atoms with Gasteiger partial charge in [0.2, 0.25) is 11.8 Å². The highest BCUT2D eigenvalue weighted by Crippen LogP contribution is 2.43. The number of hydrogen-bond acceptors (Lipinski definition) is 5. The molecule has 0 aromatic heterocycles. The first-order valence-electron chi connectivity index (χ1n) is 12.8. The van der Waals surface area contributed by atoms with Crippen LogP contribution >= 0.6 is 0 Å². The van der Waals surface area contributed by atoms with Crippen molar-refractivity contribution in [2.75, 3.05) is 23.5 Å². The molecule has 192 valence electrons. The van der Waals surface area contributed by atoms with E-state index in [4.69, 9.17) is 4.74 Å². The van der Waals surface area contributed by atoms with E-state index < -0.39 is 11.8 Å². The molecule has 0 saturated heterocycles. The lowest BCUT2D eigenvalue weighted by Gasteiger charge is -2.31. The lowest BCUT2D eigenvalue weighted by atomic mass is 10.0. The number of nitrogens with zero attached hydrogens (tertiary/aromatic N) is 3. The molecule has 0 spiro atoms. The second-order valence-electron chi connectivity index (χ2n) is 9.88. The van der Waals surface area contributed by atoms with Crippen LogP contribution in [0, 0.1) is 5.92 Å². The van der Waals surface area contributed by atoms with Crippen LogP contribution in [0.5, 0.6) is 5.75 Å². The number of anilines is 2. The van der Waals surface area contributed by atoms with Crippen LogP contribution in [0.25, 0.3) is 0 Å². The molecule has 1 aliphatic carbocycles. The molecule has 8 heteroatoms. The van der Waals surface area contributed by atoms with Crippen LogP contribution in [0.4, 0.5) is 11.4 Å². The van der Waals surface area contributed by atoms with Crippen LogP contribution in [-0.4, -0.2) is 48.2 Å². The Bertz CT molecular complexity index is 1430. The number of carbonyl (C=O) groups is 4. The lowest BCUT2D eigenvalue weighted by Crippen LogP contribution is -2.49. The van der Waals surface area contributed by atoms with E-state index in [2.05, 4.69) is 0 Å². The number of para-hydroxylation sites is 2. The van der Waals surface area contributed by atoms with Gasteiger partial charge in [0, 0.05) is 6.04 Å². The van der Waals surface area contributed by atoms with Crippen molar-refractivity contribution >= 4 is 35.0 Å². The molecular formula is C30H27N3O5. The zero-order chi connectivity index (χ0) is 26.4. The molecular weight excluding hydrogens is 482 g/mol. The van der Waals surface area contributed by atoms with Crippen LogP contribution < -0.4 is 14.5 Å². The molecule has 4 amide bonds. The minimum absolute atomic E-state index is 0.0289. The fourth-order valence-electron chi connectivity index (χ4n) is 5.96. The first-order valence-corrected chi connectivity index (χ1v) is 12.8. The Morgan fingerprint density at radius 1 is 0.842 bits per heavy atom. The van der Waals surface area contributed by atoms with Gasteiger partial charge in [-0.1, -0.05) is 42.8 Å². The van der Waals surface area contributed by atoms with Crippen LogP contribution in [0.2, 0.25) is 0 Å². The number of benzene rings is 3. The highest BCUT2D eigenvalue weighted by Gasteiger charge is 2.46. The minimum atomic E-state index is -0.472. The predicted molar refractivity (Wildman–Crippen MR) is 141 cm³/mol. The predicted octanol–water partition coefficient (Wildman–Crippen LogP) is 4.04. The fraction of sp³-hybridized carbons (Fsp3) is 0.267. The van der Waals surface area contributed by atoms with Gasteiger partial charge in [0.05, 0.1) is 42.1 Å². The van der Waals surface area contributed by atoms with Gasteiger partial charge in [-0.3, -0.25) is 24.1 Å². The normalized spacial score (nSPS) is 20.2. The first kappa shape index (κ1) is 23.9. The van der Waals surface area contributed by atoms with Crippen molar-refractivity contribution in [1.82, 2.24) is 4.90 Å². The summed E-state index contributed by atoms with van der Waals surface area (Å²) < 4.78 is 5.37. The summed E-state index contributed by atoms with van der Waals surface area (Å²) in [6.07, 6.45) is 2.15. The number of imide groups is 1. The summed E-state index contributed by atoms with van der Waals surface area (Å²) in [6.45, 7) is -0.0509. The Labute approximate surface area is 220 Å². The number of carbonyl (C=O) groups excluding carboxylic acids is 4. The van der Waals surface area contributed by atoms with E-state index in [1.807, 2.05) is 48.5 Å². The molecule has 0 bridgehead atoms. The Kier molecular flexibility index (Phi) is 5.94. The number of fused-ring (bicyclic) bond motifs is 3. The number of ether oxygens (including phenoxy) is 1. The fourth-order valence-corrected chi connectivity index (χ4v) is 5.96. The lowest BCUT2D eigenvalue weighted by molar-refractivity contribution is -0.123. The molecule has 38 heavy (non-hydrogen) atoms. The van der Waals surface area contributed by atoms with Crippen LogP contribution in [0.3, 0.4) is 0 Å². The van der Waals surface area contributed by atoms with Gasteiger partial charge in [0.25, 0.3) is 11.8 Å². The van der Waals surface area contributed by atoms with E-state index in [-0.39, 0.29) is 30.3 Å². The van der Waals surface area contributed by atoms with Gasteiger partial charge in [0.1, 0.15) is 12.3 Å². The van der Waals surface area contributed by atoms with Crippen molar-refractivity contribution in [3.8, 4) is 5.75 Å². The van der Waals surface area contributed by atoms with Gasteiger partial charge in [-0.15, -0.1) is 0 Å². The molecule has 2 unspecified atom stereocenters. The molecule has 3 aliphatic rings. The summed E-state index contributed by atoms with van der Waals surface area (Å²) in [6, 6.07) is 21.2. The average molecular weight is 510 g/mol. The molecule has 1 saturated carbocycles. The summed E-state index contributed by atoms with van der Waals surface area (Å²) in [5, 5.41) is 0. The highest BCUT2D eigenvalue weighted by atomic mass is 16.5. The van der Waals surface area contributed by atoms with Gasteiger partial charge in [-0.2, -0.15) is 0 Å². The van der Waals surface area contributed by atoms with Gasteiger partial charge < -0.3 is 14.5 Å². The average Bonchev–Trinajstić information content (AvgIpc) is 3.49. The Morgan fingerprint density at radius 3 is 2.24 bits per heavy atom. The van der Waals surface area contributed by atoms with Gasteiger partial charge in [-0.25, -0.2) is 0 Å². The van der Waals surface area contributed by atoms with E-state index in [9.17, 15) is 19.2 Å². The van der Waals surface area contributed by atoms with Crippen molar-refractivity contribution in [3.63, 3.8) is 0 Å². The van der Waals surface area contributed by atoms with Gasteiger partial charge in [0.15, 0.2) is 0 Å². The van der Waals surface area contributed by atoms with E-state index in [0.29, 0.717) is 47.6 Å². The van der Waals surface area contributed by atoms with Crippen LogP contribution in [-0.2, 0) is 16.1 Å². The number of methoxy groups -OCH3 is 1. The number of hydrogen-bond donors (Lipinski definition) is 0. The molecule has 1 fully saturated rings. The Morgan fingerprint density at radius 2 is 1.53 bits per heavy atom. The topological polar surface area (TPSA) is 87.2 Å². The molecule has 3 aromatic rings. The molecule has 6 rings (SSSR count). The SMILES string of the molecule is COc1cccc(CN2C(=O)C3CCCC3N(C(=O)CN3C(=O)c4ccccc4C3=O)c3ccccc32)c1. The van der Waals surface area contributed by atoms with Crippen molar-refractivity contribution in [1.29, 1.82) is 0 Å². The van der Waals surface area contributed by atoms with Crippen molar-refractivity contribution < 1.29 is 23.9 Å². The third-order valence-corrected chi connectivity index (χ3v) is 7.74. The van der Waals surface area contributed by atoms with Gasteiger partial charge >= 0.3 is 0 Å². The van der Waals surface area contributed by atoms with Crippen LogP contribution in [0.1, 0.15) is 45.5 Å². The summed E-state index contributed by atoms with van der Waals surface area (Å²) >= 11 is 0. The summed E-state index contributed by atoms with van der Waals surface area (Å²) in [5.41, 5.74) is 2.76. The Hall–Kier alpha value is -4.46. The standard InChI is InChI=1S/C30H27N3O5/c1-38-20-9-6-8-19(16-20)17-31-25-13-4-5-14-26(25)33(24-15-7-12-23(24)30(31)37)27(34)18-32-28(35)21-10-2-3-11-22(21)29(32)36/h2-6,8-11,13-14,16,23-24H,7,12,15,17-18H2,1H3. The van der Waals surface area contributed by atoms with E-state index >= 15 is 0 Å². The zero-order valence-electron chi connectivity index (χ0n) is 21.0. The van der Waals surface area contributed by atoms with E-state index in [1.165, 1.54) is 0 Å². The maximum absolute atomic E-state index is 14.0. The number of rotatable bonds is 5. The second kappa shape index (κ2) is 9.45.